The first-order chi connectivity index (χ1) is 16.3. The van der Waals surface area contributed by atoms with Gasteiger partial charge in [-0.05, 0) is 13.8 Å². The molecule has 0 N–H and O–H groups in total. The lowest BCUT2D eigenvalue weighted by molar-refractivity contribution is -0.476. The predicted octanol–water partition coefficient (Wildman–Crippen LogP) is 9.13. The second kappa shape index (κ2) is 8.94. The number of rotatable bonds is 12. The summed E-state index contributed by atoms with van der Waals surface area (Å²) in [5.74, 6) is -93.7. The summed E-state index contributed by atoms with van der Waals surface area (Å²) in [4.78, 5) is 0. The third kappa shape index (κ3) is 4.27. The first-order valence-corrected chi connectivity index (χ1v) is 9.16. The molecule has 0 spiro atoms. The minimum absolute atomic E-state index is 0.236. The molecule has 0 aromatic carbocycles. The van der Waals surface area contributed by atoms with E-state index in [0.717, 1.165) is 0 Å². The first kappa shape index (κ1) is 37.4. The summed E-state index contributed by atoms with van der Waals surface area (Å²) in [7, 11) is 0. The lowest BCUT2D eigenvalue weighted by Crippen LogP contribution is -2.78. The quantitative estimate of drug-likeness (QED) is 0.187. The highest BCUT2D eigenvalue weighted by molar-refractivity contribution is 5.20. The summed E-state index contributed by atoms with van der Waals surface area (Å²) < 4.78 is 310. The summed E-state index contributed by atoms with van der Waals surface area (Å²) in [5, 5.41) is 0. The van der Waals surface area contributed by atoms with E-state index in [9.17, 15) is 101 Å². The minimum atomic E-state index is -9.34. The fraction of sp³-hybridized carbons (Fsp3) is 1.00. The van der Waals surface area contributed by atoms with Gasteiger partial charge in [-0.2, -0.15) is 96.6 Å². The molecule has 0 aromatic heterocycles. The molecule has 0 heterocycles. The third-order valence-corrected chi connectivity index (χ3v) is 5.20. The van der Waals surface area contributed by atoms with Gasteiger partial charge >= 0.3 is 65.1 Å². The molecular weight excluding hydrogens is 629 g/mol. The Morgan fingerprint density at radius 1 is 0.282 bits per heavy atom. The molecule has 0 aliphatic rings. The molecule has 0 nitrogen and oxygen atoms in total. The van der Waals surface area contributed by atoms with Crippen molar-refractivity contribution in [3.8, 4) is 0 Å². The molecule has 0 atom stereocenters. The van der Waals surface area contributed by atoms with Crippen LogP contribution in [0.2, 0.25) is 0 Å². The van der Waals surface area contributed by atoms with Crippen molar-refractivity contribution >= 4 is 0 Å². The molecule has 0 fully saturated rings. The zero-order valence-corrected chi connectivity index (χ0v) is 18.4. The van der Waals surface area contributed by atoms with E-state index in [1.54, 1.807) is 0 Å². The largest absolute Gasteiger partial charge is 0.385 e. The van der Waals surface area contributed by atoms with E-state index >= 15 is 0 Å². The average molecular weight is 640 g/mol. The SMILES string of the molecule is CCC(F)(F)C(F)(F)C(F)(F)C(F)(F)C(F)(F)C(F)(F)C(F)(F)C(F)(F)C(F)(F)C(F)(F)C(F)(F)C(C)(C)F. The van der Waals surface area contributed by atoms with Crippen LogP contribution in [-0.2, 0) is 0 Å². The van der Waals surface area contributed by atoms with Crippen LogP contribution in [-0.4, -0.2) is 70.8 Å². The van der Waals surface area contributed by atoms with Crippen LogP contribution in [0.15, 0.2) is 0 Å². The van der Waals surface area contributed by atoms with E-state index in [1.807, 2.05) is 0 Å². The smallest absolute Gasteiger partial charge is 0.238 e. The fourth-order valence-corrected chi connectivity index (χ4v) is 2.40. The maximum absolute atomic E-state index is 13.7. The molecule has 0 bridgehead atoms. The normalized spacial score (nSPS) is 17.1. The summed E-state index contributed by atoms with van der Waals surface area (Å²) in [6.07, 6.45) is -2.69. The Kier molecular flexibility index (Phi) is 8.57. The van der Waals surface area contributed by atoms with Gasteiger partial charge in [0.25, 0.3) is 0 Å². The highest BCUT2D eigenvalue weighted by atomic mass is 19.4. The molecule has 39 heavy (non-hydrogen) atoms. The average Bonchev–Trinajstić information content (AvgIpc) is 2.71. The van der Waals surface area contributed by atoms with Gasteiger partial charge in [0.05, 0.1) is 0 Å². The molecule has 0 saturated carbocycles. The van der Waals surface area contributed by atoms with Crippen molar-refractivity contribution in [2.75, 3.05) is 0 Å². The predicted molar refractivity (Wildman–Crippen MR) is 79.9 cm³/mol. The van der Waals surface area contributed by atoms with Crippen molar-refractivity contribution in [1.29, 1.82) is 0 Å². The van der Waals surface area contributed by atoms with Gasteiger partial charge in [-0.15, -0.1) is 0 Å². The van der Waals surface area contributed by atoms with Crippen LogP contribution in [0.3, 0.4) is 0 Å². The lowest BCUT2D eigenvalue weighted by Gasteiger charge is -2.46. The first-order valence-electron chi connectivity index (χ1n) is 9.16. The van der Waals surface area contributed by atoms with Gasteiger partial charge in [-0.1, -0.05) is 6.92 Å². The van der Waals surface area contributed by atoms with Crippen LogP contribution in [0.5, 0.6) is 0 Å². The van der Waals surface area contributed by atoms with Gasteiger partial charge in [-0.25, -0.2) is 4.39 Å². The summed E-state index contributed by atoms with van der Waals surface area (Å²) in [5.41, 5.74) is -5.15. The van der Waals surface area contributed by atoms with E-state index in [1.165, 1.54) is 0 Å². The molecule has 0 aromatic rings. The Hall–Kier alpha value is -1.61. The van der Waals surface area contributed by atoms with Crippen molar-refractivity contribution < 1.29 is 101 Å². The van der Waals surface area contributed by atoms with Gasteiger partial charge in [0.2, 0.25) is 0 Å². The Balaban J connectivity index is 7.31. The Morgan fingerprint density at radius 3 is 0.590 bits per heavy atom. The summed E-state index contributed by atoms with van der Waals surface area (Å²) >= 11 is 0. The van der Waals surface area contributed by atoms with Crippen LogP contribution in [0, 0.1) is 0 Å². The number of hydrogen-bond donors (Lipinski definition) is 0. The molecular formula is C16H11F23. The van der Waals surface area contributed by atoms with Gasteiger partial charge in [0, 0.05) is 6.42 Å². The fourth-order valence-electron chi connectivity index (χ4n) is 2.40. The Labute approximate surface area is 200 Å². The summed E-state index contributed by atoms with van der Waals surface area (Å²) in [6.45, 7) is -1.86. The van der Waals surface area contributed by atoms with E-state index in [0.29, 0.717) is 0 Å². The topological polar surface area (TPSA) is 0 Å². The zero-order chi connectivity index (χ0) is 32.7. The molecule has 0 aliphatic carbocycles. The van der Waals surface area contributed by atoms with Crippen molar-refractivity contribution in [3.63, 3.8) is 0 Å². The maximum atomic E-state index is 13.7. The summed E-state index contributed by atoms with van der Waals surface area (Å²) in [6, 6.07) is 0. The monoisotopic (exact) mass is 640 g/mol. The van der Waals surface area contributed by atoms with Crippen LogP contribution >= 0.6 is 0 Å². The Morgan fingerprint density at radius 2 is 0.436 bits per heavy atom. The van der Waals surface area contributed by atoms with Crippen LogP contribution in [0.25, 0.3) is 0 Å². The van der Waals surface area contributed by atoms with Crippen molar-refractivity contribution in [2.45, 2.75) is 98.0 Å². The molecule has 236 valence electrons. The van der Waals surface area contributed by atoms with E-state index in [4.69, 9.17) is 0 Å². The van der Waals surface area contributed by atoms with Crippen molar-refractivity contribution in [3.05, 3.63) is 0 Å². The molecule has 0 amide bonds. The standard InChI is InChI=1S/C16H11F23/c1-4-6(18,19)8(22,23)10(26,27)12(30,31)14(34,35)16(38,39)15(36,37)13(32,33)11(28,29)9(24,25)7(20,21)5(2,3)17/h4H2,1-3H3. The second-order valence-corrected chi connectivity index (χ2v) is 8.27. The van der Waals surface area contributed by atoms with E-state index in [-0.39, 0.29) is 6.92 Å². The second-order valence-electron chi connectivity index (χ2n) is 8.27. The van der Waals surface area contributed by atoms with Gasteiger partial charge < -0.3 is 0 Å². The highest BCUT2D eigenvalue weighted by Gasteiger charge is 2.98. The minimum Gasteiger partial charge on any atom is -0.238 e. The molecule has 23 heteroatoms. The molecule has 0 aliphatic heterocycles. The van der Waals surface area contributed by atoms with Gasteiger partial charge in [-0.3, -0.25) is 0 Å². The van der Waals surface area contributed by atoms with Gasteiger partial charge in [0.15, 0.2) is 5.67 Å². The van der Waals surface area contributed by atoms with Crippen molar-refractivity contribution in [2.24, 2.45) is 0 Å². The highest BCUT2D eigenvalue weighted by Crippen LogP contribution is 2.67. The molecule has 0 rings (SSSR count). The zero-order valence-electron chi connectivity index (χ0n) is 18.4. The maximum Gasteiger partial charge on any atom is 0.385 e. The van der Waals surface area contributed by atoms with E-state index in [2.05, 4.69) is 0 Å². The molecule has 0 unspecified atom stereocenters. The van der Waals surface area contributed by atoms with Crippen molar-refractivity contribution in [1.82, 2.24) is 0 Å². The lowest BCUT2D eigenvalue weighted by atomic mass is 9.83. The molecule has 0 radical (unpaired) electrons. The number of hydrogen-bond acceptors (Lipinski definition) is 0. The third-order valence-electron chi connectivity index (χ3n) is 5.20. The Bertz CT molecular complexity index is 888. The number of alkyl halides is 23. The number of halogens is 23. The van der Waals surface area contributed by atoms with Crippen LogP contribution in [0.4, 0.5) is 101 Å². The van der Waals surface area contributed by atoms with Crippen LogP contribution in [0.1, 0.15) is 27.2 Å². The van der Waals surface area contributed by atoms with Gasteiger partial charge in [0.1, 0.15) is 0 Å². The van der Waals surface area contributed by atoms with Crippen LogP contribution < -0.4 is 0 Å². The van der Waals surface area contributed by atoms with E-state index < -0.39 is 91.1 Å². The molecule has 0 saturated heterocycles.